The number of hydrogen-bond donors (Lipinski definition) is 2. The van der Waals surface area contributed by atoms with Crippen LogP contribution < -0.4 is 11.1 Å². The van der Waals surface area contributed by atoms with Gasteiger partial charge in [0.2, 0.25) is 0 Å². The Morgan fingerprint density at radius 3 is 3.06 bits per heavy atom. The molecule has 1 unspecified atom stereocenters. The summed E-state index contributed by atoms with van der Waals surface area (Å²) < 4.78 is 1.93. The lowest BCUT2D eigenvalue weighted by Gasteiger charge is -2.12. The van der Waals surface area contributed by atoms with Crippen LogP contribution in [0.1, 0.15) is 30.3 Å². The molecule has 4 heteroatoms. The predicted octanol–water partition coefficient (Wildman–Crippen LogP) is 0.975. The molecule has 1 saturated carbocycles. The summed E-state index contributed by atoms with van der Waals surface area (Å²) in [6.45, 7) is 3.41. The van der Waals surface area contributed by atoms with Crippen LogP contribution in [0.3, 0.4) is 0 Å². The van der Waals surface area contributed by atoms with E-state index in [0.717, 1.165) is 6.54 Å². The Labute approximate surface area is 95.8 Å². The lowest BCUT2D eigenvalue weighted by Crippen LogP contribution is -2.39. The van der Waals surface area contributed by atoms with Crippen LogP contribution in [0.4, 0.5) is 0 Å². The molecule has 1 atom stereocenters. The van der Waals surface area contributed by atoms with Gasteiger partial charge in [-0.1, -0.05) is 0 Å². The maximum absolute atomic E-state index is 11.8. The lowest BCUT2D eigenvalue weighted by atomic mass is 10.2. The maximum atomic E-state index is 11.8. The highest BCUT2D eigenvalue weighted by Crippen LogP contribution is 2.31. The quantitative estimate of drug-likeness (QED) is 0.778. The first-order chi connectivity index (χ1) is 7.72. The minimum atomic E-state index is -0.0250. The van der Waals surface area contributed by atoms with Gasteiger partial charge in [-0.15, -0.1) is 0 Å². The van der Waals surface area contributed by atoms with Gasteiger partial charge in [-0.25, -0.2) is 0 Å². The fraction of sp³-hybridized carbons (Fsp3) is 0.583. The van der Waals surface area contributed by atoms with E-state index in [0.29, 0.717) is 18.2 Å². The van der Waals surface area contributed by atoms with E-state index in [1.165, 1.54) is 12.8 Å². The van der Waals surface area contributed by atoms with Crippen LogP contribution in [0.15, 0.2) is 18.3 Å². The highest BCUT2D eigenvalue weighted by atomic mass is 16.1. The second-order valence-electron chi connectivity index (χ2n) is 4.39. The van der Waals surface area contributed by atoms with E-state index in [-0.39, 0.29) is 11.9 Å². The zero-order chi connectivity index (χ0) is 11.5. The molecule has 16 heavy (non-hydrogen) atoms. The first kappa shape index (κ1) is 11.2. The van der Waals surface area contributed by atoms with Crippen molar-refractivity contribution in [3.8, 4) is 0 Å². The number of carbonyl (C=O) groups excluding carboxylic acids is 1. The Morgan fingerprint density at radius 2 is 2.44 bits per heavy atom. The third kappa shape index (κ3) is 2.44. The molecule has 1 aromatic rings. The van der Waals surface area contributed by atoms with Crippen LogP contribution in [0.5, 0.6) is 0 Å². The minimum absolute atomic E-state index is 0.0250. The molecular formula is C12H19N3O. The van der Waals surface area contributed by atoms with E-state index in [2.05, 4.69) is 5.32 Å². The molecule has 1 amide bonds. The van der Waals surface area contributed by atoms with Crippen LogP contribution in [-0.4, -0.2) is 23.1 Å². The van der Waals surface area contributed by atoms with E-state index in [1.807, 2.05) is 29.8 Å². The number of nitrogens with zero attached hydrogens (tertiary/aromatic N) is 1. The Hall–Kier alpha value is -1.29. The fourth-order valence-corrected chi connectivity index (χ4v) is 1.89. The molecule has 88 valence electrons. The molecule has 3 N–H and O–H groups in total. The molecule has 1 fully saturated rings. The summed E-state index contributed by atoms with van der Waals surface area (Å²) in [5, 5.41) is 2.90. The number of aryl methyl sites for hydroxylation is 1. The SMILES string of the molecule is CCn1cccc1C(=O)NCC(N)C1CC1. The van der Waals surface area contributed by atoms with Gasteiger partial charge in [-0.3, -0.25) is 4.79 Å². The zero-order valence-electron chi connectivity index (χ0n) is 9.65. The van der Waals surface area contributed by atoms with Gasteiger partial charge >= 0.3 is 0 Å². The van der Waals surface area contributed by atoms with E-state index < -0.39 is 0 Å². The summed E-state index contributed by atoms with van der Waals surface area (Å²) in [5.41, 5.74) is 6.64. The Bertz CT molecular complexity index is 368. The van der Waals surface area contributed by atoms with Crippen molar-refractivity contribution in [1.29, 1.82) is 0 Å². The number of carbonyl (C=O) groups is 1. The van der Waals surface area contributed by atoms with Crippen molar-refractivity contribution in [2.24, 2.45) is 11.7 Å². The molecule has 0 aliphatic heterocycles. The van der Waals surface area contributed by atoms with Crippen molar-refractivity contribution in [3.63, 3.8) is 0 Å². The Balaban J connectivity index is 1.87. The molecule has 4 nitrogen and oxygen atoms in total. The highest BCUT2D eigenvalue weighted by molar-refractivity contribution is 5.92. The minimum Gasteiger partial charge on any atom is -0.349 e. The number of rotatable bonds is 5. The summed E-state index contributed by atoms with van der Waals surface area (Å²) in [6, 6.07) is 3.84. The number of nitrogens with one attached hydrogen (secondary N) is 1. The third-order valence-corrected chi connectivity index (χ3v) is 3.13. The van der Waals surface area contributed by atoms with Gasteiger partial charge in [0.25, 0.3) is 5.91 Å². The van der Waals surface area contributed by atoms with Crippen LogP contribution >= 0.6 is 0 Å². The first-order valence-corrected chi connectivity index (χ1v) is 5.91. The van der Waals surface area contributed by atoms with Crippen LogP contribution in [0.25, 0.3) is 0 Å². The molecule has 1 aliphatic carbocycles. The molecule has 1 aromatic heterocycles. The van der Waals surface area contributed by atoms with E-state index in [4.69, 9.17) is 5.73 Å². The molecule has 0 bridgehead atoms. The zero-order valence-corrected chi connectivity index (χ0v) is 9.65. The van der Waals surface area contributed by atoms with E-state index in [1.54, 1.807) is 0 Å². The summed E-state index contributed by atoms with van der Waals surface area (Å²) >= 11 is 0. The average molecular weight is 221 g/mol. The predicted molar refractivity (Wildman–Crippen MR) is 63.1 cm³/mol. The van der Waals surface area contributed by atoms with Crippen molar-refractivity contribution in [1.82, 2.24) is 9.88 Å². The van der Waals surface area contributed by atoms with Gasteiger partial charge < -0.3 is 15.6 Å². The fourth-order valence-electron chi connectivity index (χ4n) is 1.89. The molecule has 2 rings (SSSR count). The van der Waals surface area contributed by atoms with E-state index >= 15 is 0 Å². The highest BCUT2D eigenvalue weighted by Gasteiger charge is 2.28. The van der Waals surface area contributed by atoms with Crippen LogP contribution in [0, 0.1) is 5.92 Å². The molecule has 0 radical (unpaired) electrons. The maximum Gasteiger partial charge on any atom is 0.267 e. The third-order valence-electron chi connectivity index (χ3n) is 3.13. The summed E-state index contributed by atoms with van der Waals surface area (Å²) in [6.07, 6.45) is 4.33. The molecular weight excluding hydrogens is 202 g/mol. The van der Waals surface area contributed by atoms with Crippen molar-refractivity contribution >= 4 is 5.91 Å². The number of hydrogen-bond acceptors (Lipinski definition) is 2. The number of aromatic nitrogens is 1. The average Bonchev–Trinajstić information content (AvgIpc) is 3.03. The molecule has 1 heterocycles. The molecule has 0 spiro atoms. The number of nitrogens with two attached hydrogens (primary N) is 1. The van der Waals surface area contributed by atoms with Gasteiger partial charge in [-0.2, -0.15) is 0 Å². The van der Waals surface area contributed by atoms with Gasteiger partial charge in [0.15, 0.2) is 0 Å². The Kier molecular flexibility index (Phi) is 3.29. The van der Waals surface area contributed by atoms with Crippen molar-refractivity contribution in [3.05, 3.63) is 24.0 Å². The number of amides is 1. The molecule has 1 aliphatic rings. The smallest absolute Gasteiger partial charge is 0.267 e. The summed E-state index contributed by atoms with van der Waals surface area (Å²) in [5.74, 6) is 0.598. The summed E-state index contributed by atoms with van der Waals surface area (Å²) in [4.78, 5) is 11.8. The van der Waals surface area contributed by atoms with Crippen molar-refractivity contribution in [2.45, 2.75) is 32.4 Å². The second-order valence-corrected chi connectivity index (χ2v) is 4.39. The Morgan fingerprint density at radius 1 is 1.69 bits per heavy atom. The summed E-state index contributed by atoms with van der Waals surface area (Å²) in [7, 11) is 0. The largest absolute Gasteiger partial charge is 0.349 e. The van der Waals surface area contributed by atoms with Crippen LogP contribution in [0.2, 0.25) is 0 Å². The first-order valence-electron chi connectivity index (χ1n) is 5.91. The van der Waals surface area contributed by atoms with Gasteiger partial charge in [-0.05, 0) is 37.8 Å². The van der Waals surface area contributed by atoms with Crippen LogP contribution in [-0.2, 0) is 6.54 Å². The van der Waals surface area contributed by atoms with Gasteiger partial charge in [0.1, 0.15) is 5.69 Å². The normalized spacial score (nSPS) is 17.1. The van der Waals surface area contributed by atoms with Crippen molar-refractivity contribution in [2.75, 3.05) is 6.54 Å². The lowest BCUT2D eigenvalue weighted by molar-refractivity contribution is 0.0941. The standard InChI is InChI=1S/C12H19N3O/c1-2-15-7-3-4-11(15)12(16)14-8-10(13)9-5-6-9/h3-4,7,9-10H,2,5-6,8,13H2,1H3,(H,14,16). The second kappa shape index (κ2) is 4.70. The van der Waals surface area contributed by atoms with Gasteiger partial charge in [0.05, 0.1) is 0 Å². The molecule has 0 aromatic carbocycles. The van der Waals surface area contributed by atoms with E-state index in [9.17, 15) is 4.79 Å². The van der Waals surface area contributed by atoms with Gasteiger partial charge in [0, 0.05) is 25.3 Å². The molecule has 0 saturated heterocycles. The van der Waals surface area contributed by atoms with Crippen molar-refractivity contribution < 1.29 is 4.79 Å². The topological polar surface area (TPSA) is 60.0 Å². The monoisotopic (exact) mass is 221 g/mol.